The minimum atomic E-state index is -1.22. The van der Waals surface area contributed by atoms with Gasteiger partial charge in [-0.05, 0) is 24.3 Å². The second-order valence-corrected chi connectivity index (χ2v) is 4.61. The molecule has 1 N–H and O–H groups in total. The number of carbonyl (C=O) groups is 1. The first-order valence-electron chi connectivity index (χ1n) is 6.07. The van der Waals surface area contributed by atoms with E-state index >= 15 is 0 Å². The molecule has 0 aliphatic heterocycles. The molecule has 2 aromatic carbocycles. The van der Waals surface area contributed by atoms with E-state index in [0.29, 0.717) is 21.7 Å². The van der Waals surface area contributed by atoms with Crippen LogP contribution < -0.4 is 4.74 Å². The lowest BCUT2D eigenvalue weighted by molar-refractivity contribution is 0.0683. The number of aromatic nitrogens is 2. The Balaban J connectivity index is 2.16. The molecule has 0 atom stereocenters. The smallest absolute Gasteiger partial charge is 0.374 e. The molecule has 1 heterocycles. The lowest BCUT2D eigenvalue weighted by Gasteiger charge is -2.09. The van der Waals surface area contributed by atoms with Gasteiger partial charge in [-0.1, -0.05) is 35.9 Å². The average molecular weight is 301 g/mol. The maximum Gasteiger partial charge on any atom is 0.374 e. The van der Waals surface area contributed by atoms with Crippen molar-refractivity contribution >= 4 is 28.5 Å². The minimum absolute atomic E-state index is 0.158. The van der Waals surface area contributed by atoms with Gasteiger partial charge in [0.2, 0.25) is 11.7 Å². The highest BCUT2D eigenvalue weighted by atomic mass is 35.5. The SMILES string of the molecule is O=C(O)c1nc(Oc2ccccc2Cl)c2ccccc2n1. The molecule has 6 heteroatoms. The van der Waals surface area contributed by atoms with Crippen molar-refractivity contribution in [2.45, 2.75) is 0 Å². The number of hydrogen-bond acceptors (Lipinski definition) is 4. The largest absolute Gasteiger partial charge is 0.475 e. The fraction of sp³-hybridized carbons (Fsp3) is 0. The van der Waals surface area contributed by atoms with Gasteiger partial charge in [0, 0.05) is 0 Å². The van der Waals surface area contributed by atoms with E-state index in [4.69, 9.17) is 21.4 Å². The van der Waals surface area contributed by atoms with Gasteiger partial charge in [-0.25, -0.2) is 9.78 Å². The summed E-state index contributed by atoms with van der Waals surface area (Å²) in [5, 5.41) is 10.1. The van der Waals surface area contributed by atoms with Gasteiger partial charge < -0.3 is 9.84 Å². The van der Waals surface area contributed by atoms with Crippen LogP contribution in [0.5, 0.6) is 11.6 Å². The number of ether oxygens (including phenoxy) is 1. The van der Waals surface area contributed by atoms with Gasteiger partial charge >= 0.3 is 5.97 Å². The van der Waals surface area contributed by atoms with E-state index < -0.39 is 5.97 Å². The molecular weight excluding hydrogens is 292 g/mol. The summed E-state index contributed by atoms with van der Waals surface area (Å²) in [6, 6.07) is 13.9. The normalized spacial score (nSPS) is 10.5. The molecule has 3 aromatic rings. The molecule has 0 bridgehead atoms. The Bertz CT molecular complexity index is 836. The maximum absolute atomic E-state index is 11.1. The predicted molar refractivity (Wildman–Crippen MR) is 78.0 cm³/mol. The van der Waals surface area contributed by atoms with E-state index in [1.807, 2.05) is 0 Å². The zero-order chi connectivity index (χ0) is 14.8. The molecule has 0 aliphatic rings. The summed E-state index contributed by atoms with van der Waals surface area (Å²) in [5.41, 5.74) is 0.493. The number of carboxylic acids is 1. The Morgan fingerprint density at radius 2 is 1.76 bits per heavy atom. The van der Waals surface area contributed by atoms with Crippen LogP contribution in [0.4, 0.5) is 0 Å². The van der Waals surface area contributed by atoms with Crippen molar-refractivity contribution in [2.75, 3.05) is 0 Å². The number of rotatable bonds is 3. The Morgan fingerprint density at radius 3 is 2.52 bits per heavy atom. The topological polar surface area (TPSA) is 72.3 Å². The monoisotopic (exact) mass is 300 g/mol. The minimum Gasteiger partial charge on any atom is -0.475 e. The van der Waals surface area contributed by atoms with Crippen molar-refractivity contribution < 1.29 is 14.6 Å². The van der Waals surface area contributed by atoms with Gasteiger partial charge in [0.15, 0.2) is 0 Å². The molecule has 21 heavy (non-hydrogen) atoms. The molecule has 104 valence electrons. The van der Waals surface area contributed by atoms with Crippen LogP contribution in [0.25, 0.3) is 10.9 Å². The molecule has 0 aliphatic carbocycles. The summed E-state index contributed by atoms with van der Waals surface area (Å²) in [4.78, 5) is 19.0. The number of fused-ring (bicyclic) bond motifs is 1. The molecule has 0 fully saturated rings. The standard InChI is InChI=1S/C15H9ClN2O3/c16-10-6-2-4-8-12(10)21-14-9-5-1-3-7-11(9)17-13(18-14)15(19)20/h1-8H,(H,19,20). The quantitative estimate of drug-likeness (QED) is 0.797. The summed E-state index contributed by atoms with van der Waals surface area (Å²) >= 11 is 6.04. The van der Waals surface area contributed by atoms with E-state index in [-0.39, 0.29) is 11.7 Å². The molecule has 5 nitrogen and oxygen atoms in total. The lowest BCUT2D eigenvalue weighted by atomic mass is 10.2. The summed E-state index contributed by atoms with van der Waals surface area (Å²) in [5.74, 6) is -0.981. The van der Waals surface area contributed by atoms with Crippen molar-refractivity contribution in [1.29, 1.82) is 0 Å². The van der Waals surface area contributed by atoms with Crippen LogP contribution in [-0.2, 0) is 0 Å². The first kappa shape index (κ1) is 13.3. The summed E-state index contributed by atoms with van der Waals surface area (Å²) in [7, 11) is 0. The second kappa shape index (κ2) is 5.38. The molecule has 0 saturated carbocycles. The van der Waals surface area contributed by atoms with Crippen molar-refractivity contribution in [1.82, 2.24) is 9.97 Å². The number of nitrogens with zero attached hydrogens (tertiary/aromatic N) is 2. The Kier molecular flexibility index (Phi) is 3.41. The van der Waals surface area contributed by atoms with E-state index in [1.165, 1.54) is 0 Å². The first-order valence-corrected chi connectivity index (χ1v) is 6.45. The highest BCUT2D eigenvalue weighted by Crippen LogP contribution is 2.31. The van der Waals surface area contributed by atoms with Gasteiger partial charge in [0.1, 0.15) is 5.75 Å². The van der Waals surface area contributed by atoms with Crippen LogP contribution in [0.1, 0.15) is 10.6 Å². The molecule has 0 amide bonds. The highest BCUT2D eigenvalue weighted by Gasteiger charge is 2.14. The van der Waals surface area contributed by atoms with Gasteiger partial charge in [0.05, 0.1) is 15.9 Å². The van der Waals surface area contributed by atoms with Crippen molar-refractivity contribution in [3.8, 4) is 11.6 Å². The third-order valence-electron chi connectivity index (χ3n) is 2.80. The zero-order valence-electron chi connectivity index (χ0n) is 10.7. The molecule has 0 unspecified atom stereocenters. The molecular formula is C15H9ClN2O3. The first-order chi connectivity index (χ1) is 10.1. The van der Waals surface area contributed by atoms with Gasteiger partial charge in [-0.2, -0.15) is 4.98 Å². The number of benzene rings is 2. The van der Waals surface area contributed by atoms with Gasteiger partial charge in [-0.15, -0.1) is 0 Å². The Morgan fingerprint density at radius 1 is 1.05 bits per heavy atom. The third kappa shape index (κ3) is 2.64. The Hall–Kier alpha value is -2.66. The van der Waals surface area contributed by atoms with Gasteiger partial charge in [0.25, 0.3) is 0 Å². The van der Waals surface area contributed by atoms with Crippen molar-refractivity contribution in [3.05, 3.63) is 59.4 Å². The van der Waals surface area contributed by atoms with Crippen LogP contribution in [0.2, 0.25) is 5.02 Å². The zero-order valence-corrected chi connectivity index (χ0v) is 11.4. The summed E-state index contributed by atoms with van der Waals surface area (Å²) < 4.78 is 5.67. The van der Waals surface area contributed by atoms with E-state index in [1.54, 1.807) is 48.5 Å². The van der Waals surface area contributed by atoms with Crippen molar-refractivity contribution in [3.63, 3.8) is 0 Å². The van der Waals surface area contributed by atoms with E-state index in [0.717, 1.165) is 0 Å². The average Bonchev–Trinajstić information content (AvgIpc) is 2.49. The molecule has 0 spiro atoms. The van der Waals surface area contributed by atoms with E-state index in [9.17, 15) is 4.79 Å². The van der Waals surface area contributed by atoms with Crippen LogP contribution >= 0.6 is 11.6 Å². The maximum atomic E-state index is 11.1. The third-order valence-corrected chi connectivity index (χ3v) is 3.12. The van der Waals surface area contributed by atoms with E-state index in [2.05, 4.69) is 9.97 Å². The lowest BCUT2D eigenvalue weighted by Crippen LogP contribution is -2.05. The summed E-state index contributed by atoms with van der Waals surface area (Å²) in [6.45, 7) is 0. The molecule has 1 aromatic heterocycles. The van der Waals surface area contributed by atoms with Crippen molar-refractivity contribution in [2.24, 2.45) is 0 Å². The number of hydrogen-bond donors (Lipinski definition) is 1. The number of para-hydroxylation sites is 2. The van der Waals surface area contributed by atoms with Crippen LogP contribution in [0.3, 0.4) is 0 Å². The fourth-order valence-electron chi connectivity index (χ4n) is 1.85. The number of aromatic carboxylic acids is 1. The fourth-order valence-corrected chi connectivity index (χ4v) is 2.03. The van der Waals surface area contributed by atoms with Gasteiger partial charge in [-0.3, -0.25) is 0 Å². The Labute approximate surface area is 124 Å². The molecule has 0 saturated heterocycles. The molecule has 3 rings (SSSR count). The highest BCUT2D eigenvalue weighted by molar-refractivity contribution is 6.32. The number of halogens is 1. The van der Waals surface area contributed by atoms with Crippen LogP contribution in [0.15, 0.2) is 48.5 Å². The summed E-state index contributed by atoms with van der Waals surface area (Å²) in [6.07, 6.45) is 0. The molecule has 0 radical (unpaired) electrons. The van der Waals surface area contributed by atoms with Crippen LogP contribution in [-0.4, -0.2) is 21.0 Å². The predicted octanol–water partition coefficient (Wildman–Crippen LogP) is 3.77. The second-order valence-electron chi connectivity index (χ2n) is 4.21. The number of carboxylic acid groups (broad SMARTS) is 1. The van der Waals surface area contributed by atoms with Crippen LogP contribution in [0, 0.1) is 0 Å².